The molecule has 0 radical (unpaired) electrons. The first-order chi connectivity index (χ1) is 12.1. The van der Waals surface area contributed by atoms with E-state index in [1.807, 2.05) is 36.4 Å². The summed E-state index contributed by atoms with van der Waals surface area (Å²) in [5.74, 6) is 0.287. The fraction of sp³-hybridized carbons (Fsp3) is 0.105. The predicted octanol–water partition coefficient (Wildman–Crippen LogP) is 3.19. The van der Waals surface area contributed by atoms with E-state index < -0.39 is 0 Å². The van der Waals surface area contributed by atoms with Gasteiger partial charge in [-0.25, -0.2) is 4.68 Å². The Morgan fingerprint density at radius 3 is 2.48 bits per heavy atom. The van der Waals surface area contributed by atoms with Crippen LogP contribution in [-0.4, -0.2) is 34.7 Å². The van der Waals surface area contributed by atoms with Crippen molar-refractivity contribution in [3.05, 3.63) is 71.9 Å². The van der Waals surface area contributed by atoms with E-state index in [1.165, 1.54) is 4.90 Å². The number of anilines is 2. The third-order valence-electron chi connectivity index (χ3n) is 3.67. The van der Waals surface area contributed by atoms with Gasteiger partial charge < -0.3 is 10.2 Å². The van der Waals surface area contributed by atoms with Crippen LogP contribution >= 0.6 is 0 Å². The molecule has 0 aliphatic heterocycles. The number of carbonyl (C=O) groups excluding carboxylic acids is 1. The van der Waals surface area contributed by atoms with Crippen molar-refractivity contribution < 1.29 is 4.79 Å². The zero-order valence-corrected chi connectivity index (χ0v) is 14.0. The quantitative estimate of drug-likeness (QED) is 0.797. The summed E-state index contributed by atoms with van der Waals surface area (Å²) in [6.45, 7) is 0. The summed E-state index contributed by atoms with van der Waals surface area (Å²) in [6, 6.07) is 18.8. The summed E-state index contributed by atoms with van der Waals surface area (Å²) in [7, 11) is 3.40. The first kappa shape index (κ1) is 16.3. The Hall–Kier alpha value is -3.59. The molecule has 1 aromatic heterocycles. The van der Waals surface area contributed by atoms with Gasteiger partial charge in [0.25, 0.3) is 5.91 Å². The SMILES string of the molecule is CN(C)C(=O)c1ccccc1Nc1nn(-c2ccccc2)cc1C#N. The largest absolute Gasteiger partial charge is 0.345 e. The van der Waals surface area contributed by atoms with Gasteiger partial charge in [-0.3, -0.25) is 4.79 Å². The summed E-state index contributed by atoms with van der Waals surface area (Å²) in [5.41, 5.74) is 2.38. The molecule has 0 aliphatic carbocycles. The minimum atomic E-state index is -0.121. The summed E-state index contributed by atoms with van der Waals surface area (Å²) in [6.07, 6.45) is 1.66. The van der Waals surface area contributed by atoms with Crippen LogP contribution in [0, 0.1) is 11.3 Å². The third kappa shape index (κ3) is 3.35. The lowest BCUT2D eigenvalue weighted by Gasteiger charge is -2.14. The number of benzene rings is 2. The zero-order valence-electron chi connectivity index (χ0n) is 14.0. The lowest BCUT2D eigenvalue weighted by atomic mass is 10.1. The van der Waals surface area contributed by atoms with E-state index in [1.54, 1.807) is 43.2 Å². The number of nitrogens with one attached hydrogen (secondary N) is 1. The van der Waals surface area contributed by atoms with Crippen molar-refractivity contribution in [2.24, 2.45) is 0 Å². The zero-order chi connectivity index (χ0) is 17.8. The Morgan fingerprint density at radius 2 is 1.80 bits per heavy atom. The molecule has 6 nitrogen and oxygen atoms in total. The predicted molar refractivity (Wildman–Crippen MR) is 96.0 cm³/mol. The van der Waals surface area contributed by atoms with Crippen molar-refractivity contribution in [3.63, 3.8) is 0 Å². The summed E-state index contributed by atoms with van der Waals surface area (Å²) >= 11 is 0. The average molecular weight is 331 g/mol. The van der Waals surface area contributed by atoms with Gasteiger partial charge in [0.15, 0.2) is 5.82 Å². The molecule has 3 rings (SSSR count). The molecule has 1 N–H and O–H groups in total. The number of para-hydroxylation sites is 2. The van der Waals surface area contributed by atoms with Crippen molar-refractivity contribution in [1.82, 2.24) is 14.7 Å². The van der Waals surface area contributed by atoms with Gasteiger partial charge in [0.1, 0.15) is 11.6 Å². The molecule has 3 aromatic rings. The number of hydrogen-bond acceptors (Lipinski definition) is 4. The van der Waals surface area contributed by atoms with E-state index in [9.17, 15) is 10.1 Å². The number of carbonyl (C=O) groups is 1. The number of aromatic nitrogens is 2. The third-order valence-corrected chi connectivity index (χ3v) is 3.67. The van der Waals surface area contributed by atoms with Crippen LogP contribution in [0.15, 0.2) is 60.8 Å². The maximum absolute atomic E-state index is 12.3. The van der Waals surface area contributed by atoms with Gasteiger partial charge >= 0.3 is 0 Å². The van der Waals surface area contributed by atoms with E-state index in [4.69, 9.17) is 0 Å². The van der Waals surface area contributed by atoms with Crippen molar-refractivity contribution in [1.29, 1.82) is 5.26 Å². The molecular weight excluding hydrogens is 314 g/mol. The van der Waals surface area contributed by atoms with Gasteiger partial charge in [-0.05, 0) is 24.3 Å². The number of hydrogen-bond donors (Lipinski definition) is 1. The van der Waals surface area contributed by atoms with E-state index in [0.29, 0.717) is 22.6 Å². The fourth-order valence-corrected chi connectivity index (χ4v) is 2.41. The maximum Gasteiger partial charge on any atom is 0.255 e. The second-order valence-electron chi connectivity index (χ2n) is 5.65. The highest BCUT2D eigenvalue weighted by molar-refractivity contribution is 6.00. The van der Waals surface area contributed by atoms with Crippen LogP contribution in [0.25, 0.3) is 5.69 Å². The van der Waals surface area contributed by atoms with Gasteiger partial charge in [-0.2, -0.15) is 5.26 Å². The summed E-state index contributed by atoms with van der Waals surface area (Å²) in [5, 5.41) is 17.0. The van der Waals surface area contributed by atoms with Crippen LogP contribution in [0.1, 0.15) is 15.9 Å². The highest BCUT2D eigenvalue weighted by atomic mass is 16.2. The Balaban J connectivity index is 1.98. The van der Waals surface area contributed by atoms with Gasteiger partial charge in [0, 0.05) is 14.1 Å². The molecule has 0 saturated heterocycles. The Kier molecular flexibility index (Phi) is 4.48. The molecule has 1 amide bonds. The summed E-state index contributed by atoms with van der Waals surface area (Å²) in [4.78, 5) is 13.8. The molecule has 0 fully saturated rings. The molecule has 2 aromatic carbocycles. The molecule has 0 atom stereocenters. The molecule has 0 bridgehead atoms. The van der Waals surface area contributed by atoms with Crippen LogP contribution in [0.3, 0.4) is 0 Å². The van der Waals surface area contributed by atoms with Crippen molar-refractivity contribution in [3.8, 4) is 11.8 Å². The smallest absolute Gasteiger partial charge is 0.255 e. The number of nitriles is 1. The van der Waals surface area contributed by atoms with Gasteiger partial charge in [-0.15, -0.1) is 5.10 Å². The average Bonchev–Trinajstić information content (AvgIpc) is 3.05. The maximum atomic E-state index is 12.3. The highest BCUT2D eigenvalue weighted by Gasteiger charge is 2.16. The molecule has 25 heavy (non-hydrogen) atoms. The fourth-order valence-electron chi connectivity index (χ4n) is 2.41. The molecular formula is C19H17N5O. The van der Waals surface area contributed by atoms with Crippen molar-refractivity contribution >= 4 is 17.4 Å². The Bertz CT molecular complexity index is 938. The first-order valence-corrected chi connectivity index (χ1v) is 7.73. The number of nitrogens with zero attached hydrogens (tertiary/aromatic N) is 4. The standard InChI is InChI=1S/C19H17N5O/c1-23(2)19(25)16-10-6-7-11-17(16)21-18-14(12-20)13-24(22-18)15-8-4-3-5-9-15/h3-11,13H,1-2H3,(H,21,22). The van der Waals surface area contributed by atoms with Crippen LogP contribution in [-0.2, 0) is 0 Å². The monoisotopic (exact) mass is 331 g/mol. The lowest BCUT2D eigenvalue weighted by molar-refractivity contribution is 0.0828. The molecule has 0 unspecified atom stereocenters. The van der Waals surface area contributed by atoms with Crippen LogP contribution in [0.4, 0.5) is 11.5 Å². The number of amides is 1. The normalized spacial score (nSPS) is 10.1. The number of rotatable bonds is 4. The van der Waals surface area contributed by atoms with Gasteiger partial charge in [-0.1, -0.05) is 30.3 Å². The second-order valence-corrected chi connectivity index (χ2v) is 5.65. The summed E-state index contributed by atoms with van der Waals surface area (Å²) < 4.78 is 1.64. The van der Waals surface area contributed by atoms with E-state index >= 15 is 0 Å². The molecule has 1 heterocycles. The molecule has 0 spiro atoms. The van der Waals surface area contributed by atoms with Crippen LogP contribution in [0.2, 0.25) is 0 Å². The van der Waals surface area contributed by atoms with Gasteiger partial charge in [0.2, 0.25) is 0 Å². The minimum absolute atomic E-state index is 0.121. The Morgan fingerprint density at radius 1 is 1.12 bits per heavy atom. The highest BCUT2D eigenvalue weighted by Crippen LogP contribution is 2.24. The topological polar surface area (TPSA) is 74.0 Å². The van der Waals surface area contributed by atoms with Gasteiger partial charge in [0.05, 0.1) is 23.1 Å². The van der Waals surface area contributed by atoms with E-state index in [0.717, 1.165) is 5.69 Å². The Labute approximate surface area is 145 Å². The lowest BCUT2D eigenvalue weighted by Crippen LogP contribution is -2.22. The van der Waals surface area contributed by atoms with Crippen LogP contribution < -0.4 is 5.32 Å². The minimum Gasteiger partial charge on any atom is -0.345 e. The second kappa shape index (κ2) is 6.89. The van der Waals surface area contributed by atoms with Crippen LogP contribution in [0.5, 0.6) is 0 Å². The van der Waals surface area contributed by atoms with E-state index in [-0.39, 0.29) is 5.91 Å². The molecule has 0 saturated carbocycles. The van der Waals surface area contributed by atoms with E-state index in [2.05, 4.69) is 16.5 Å². The molecule has 0 aliphatic rings. The molecule has 6 heteroatoms. The first-order valence-electron chi connectivity index (χ1n) is 7.73. The van der Waals surface area contributed by atoms with Crippen molar-refractivity contribution in [2.75, 3.05) is 19.4 Å². The molecule has 124 valence electrons. The van der Waals surface area contributed by atoms with Crippen molar-refractivity contribution in [2.45, 2.75) is 0 Å².